The van der Waals surface area contributed by atoms with Gasteiger partial charge in [-0.3, -0.25) is 0 Å². The zero-order valence-corrected chi connectivity index (χ0v) is 16.9. The van der Waals surface area contributed by atoms with Crippen LogP contribution in [0.25, 0.3) is 0 Å². The number of hydrogen-bond acceptors (Lipinski definition) is 3. The normalized spacial score (nSPS) is 15.8. The third kappa shape index (κ3) is 3.73. The van der Waals surface area contributed by atoms with E-state index >= 15 is 0 Å². The molecule has 0 radical (unpaired) electrons. The van der Waals surface area contributed by atoms with E-state index in [0.29, 0.717) is 11.7 Å². The molecule has 4 heteroatoms. The van der Waals surface area contributed by atoms with Gasteiger partial charge in [-0.15, -0.1) is 0 Å². The van der Waals surface area contributed by atoms with E-state index in [0.717, 1.165) is 37.1 Å². The summed E-state index contributed by atoms with van der Waals surface area (Å²) in [5, 5.41) is 19.6. The number of nitrogens with zero attached hydrogens (tertiary/aromatic N) is 3. The van der Waals surface area contributed by atoms with Crippen LogP contribution >= 0.6 is 0 Å². The molecule has 1 atom stereocenters. The molecule has 150 valence electrons. The molecule has 0 amide bonds. The molecule has 0 saturated carbocycles. The van der Waals surface area contributed by atoms with E-state index in [2.05, 4.69) is 59.7 Å². The number of rotatable bonds is 5. The first-order chi connectivity index (χ1) is 14.8. The van der Waals surface area contributed by atoms with Crippen LogP contribution in [0, 0.1) is 5.92 Å². The summed E-state index contributed by atoms with van der Waals surface area (Å²) in [6.45, 7) is 0.797. The Morgan fingerprint density at radius 2 is 1.60 bits per heavy atom. The minimum Gasteiger partial charge on any atom is -0.508 e. The molecule has 3 aromatic carbocycles. The van der Waals surface area contributed by atoms with E-state index in [4.69, 9.17) is 5.10 Å². The van der Waals surface area contributed by atoms with Crippen LogP contribution in [0.4, 0.5) is 0 Å². The summed E-state index contributed by atoms with van der Waals surface area (Å²) in [4.78, 5) is 1.85. The molecule has 1 aliphatic carbocycles. The largest absolute Gasteiger partial charge is 0.508 e. The van der Waals surface area contributed by atoms with Crippen LogP contribution in [0.2, 0.25) is 0 Å². The second kappa shape index (κ2) is 8.15. The molecule has 1 heterocycles. The van der Waals surface area contributed by atoms with Crippen LogP contribution in [-0.2, 0) is 19.4 Å². The van der Waals surface area contributed by atoms with Crippen molar-refractivity contribution in [2.24, 2.45) is 5.92 Å². The molecule has 5 rings (SSSR count). The van der Waals surface area contributed by atoms with E-state index in [1.54, 1.807) is 6.07 Å². The Morgan fingerprint density at radius 3 is 2.30 bits per heavy atom. The first-order valence-electron chi connectivity index (χ1n) is 10.6. The van der Waals surface area contributed by atoms with Crippen LogP contribution in [0.1, 0.15) is 40.3 Å². The van der Waals surface area contributed by atoms with Crippen LogP contribution in [-0.4, -0.2) is 20.1 Å². The van der Waals surface area contributed by atoms with Crippen molar-refractivity contribution in [2.45, 2.75) is 31.7 Å². The zero-order valence-electron chi connectivity index (χ0n) is 16.9. The molecule has 0 fully saturated rings. The molecule has 1 N–H and O–H groups in total. The number of fused-ring (bicyclic) bond motifs is 1. The SMILES string of the molecule is Oc1cccc2c1CCC(Cn1ncc(C(c3ccccc3)c3ccccc3)n1)C2. The van der Waals surface area contributed by atoms with Gasteiger partial charge < -0.3 is 5.11 Å². The monoisotopic (exact) mass is 395 g/mol. The Morgan fingerprint density at radius 1 is 0.900 bits per heavy atom. The predicted molar refractivity (Wildman–Crippen MR) is 117 cm³/mol. The van der Waals surface area contributed by atoms with E-state index in [-0.39, 0.29) is 5.92 Å². The lowest BCUT2D eigenvalue weighted by Crippen LogP contribution is -2.21. The Hall–Kier alpha value is -3.40. The van der Waals surface area contributed by atoms with Gasteiger partial charge >= 0.3 is 0 Å². The Kier molecular flexibility index (Phi) is 5.06. The van der Waals surface area contributed by atoms with Crippen molar-refractivity contribution >= 4 is 0 Å². The molecule has 1 aliphatic rings. The van der Waals surface area contributed by atoms with Gasteiger partial charge in [0.25, 0.3) is 0 Å². The first kappa shape index (κ1) is 18.6. The molecule has 1 aromatic heterocycles. The maximum atomic E-state index is 10.1. The smallest absolute Gasteiger partial charge is 0.119 e. The van der Waals surface area contributed by atoms with Crippen LogP contribution in [0.15, 0.2) is 85.1 Å². The highest BCUT2D eigenvalue weighted by Crippen LogP contribution is 2.33. The van der Waals surface area contributed by atoms with Gasteiger partial charge in [-0.25, -0.2) is 0 Å². The van der Waals surface area contributed by atoms with Gasteiger partial charge in [-0.05, 0) is 53.5 Å². The Bertz CT molecular complexity index is 1080. The summed E-state index contributed by atoms with van der Waals surface area (Å²) in [6.07, 6.45) is 4.83. The van der Waals surface area contributed by atoms with E-state index < -0.39 is 0 Å². The molecule has 0 aliphatic heterocycles. The molecular weight excluding hydrogens is 370 g/mol. The summed E-state index contributed by atoms with van der Waals surface area (Å²) in [5.74, 6) is 0.982. The Labute approximate surface area is 176 Å². The van der Waals surface area contributed by atoms with Crippen molar-refractivity contribution in [2.75, 3.05) is 0 Å². The van der Waals surface area contributed by atoms with Crippen molar-refractivity contribution in [3.8, 4) is 5.75 Å². The summed E-state index contributed by atoms with van der Waals surface area (Å²) < 4.78 is 0. The molecule has 0 spiro atoms. The van der Waals surface area contributed by atoms with Crippen molar-refractivity contribution in [3.05, 3.63) is 113 Å². The van der Waals surface area contributed by atoms with Gasteiger partial charge in [0.1, 0.15) is 5.75 Å². The van der Waals surface area contributed by atoms with Crippen molar-refractivity contribution in [1.82, 2.24) is 15.0 Å². The highest BCUT2D eigenvalue weighted by atomic mass is 16.3. The van der Waals surface area contributed by atoms with Crippen LogP contribution < -0.4 is 0 Å². The number of phenols is 1. The van der Waals surface area contributed by atoms with Gasteiger partial charge in [-0.1, -0.05) is 72.8 Å². The fraction of sp³-hybridized carbons (Fsp3) is 0.231. The third-order valence-electron chi connectivity index (χ3n) is 6.10. The van der Waals surface area contributed by atoms with Gasteiger partial charge in [0.05, 0.1) is 24.4 Å². The quantitative estimate of drug-likeness (QED) is 0.519. The summed E-state index contributed by atoms with van der Waals surface area (Å²) >= 11 is 0. The lowest BCUT2D eigenvalue weighted by Gasteiger charge is -2.24. The predicted octanol–water partition coefficient (Wildman–Crippen LogP) is 4.97. The van der Waals surface area contributed by atoms with Gasteiger partial charge in [0, 0.05) is 0 Å². The lowest BCUT2D eigenvalue weighted by molar-refractivity contribution is 0.346. The second-order valence-corrected chi connectivity index (χ2v) is 8.10. The van der Waals surface area contributed by atoms with Crippen molar-refractivity contribution in [1.29, 1.82) is 0 Å². The topological polar surface area (TPSA) is 50.9 Å². The number of benzene rings is 3. The molecule has 0 saturated heterocycles. The lowest BCUT2D eigenvalue weighted by atomic mass is 9.83. The minimum atomic E-state index is 0.0742. The van der Waals surface area contributed by atoms with Gasteiger partial charge in [0.15, 0.2) is 0 Å². The van der Waals surface area contributed by atoms with Crippen LogP contribution in [0.3, 0.4) is 0 Å². The summed E-state index contributed by atoms with van der Waals surface area (Å²) in [5.41, 5.74) is 5.78. The number of phenolic OH excluding ortho intramolecular Hbond substituents is 1. The molecule has 1 unspecified atom stereocenters. The Balaban J connectivity index is 1.39. The third-order valence-corrected chi connectivity index (χ3v) is 6.10. The maximum absolute atomic E-state index is 10.1. The first-order valence-corrected chi connectivity index (χ1v) is 10.6. The number of hydrogen-bond donors (Lipinski definition) is 1. The summed E-state index contributed by atoms with van der Waals surface area (Å²) in [7, 11) is 0. The van der Waals surface area contributed by atoms with E-state index in [9.17, 15) is 5.11 Å². The number of aromatic nitrogens is 3. The fourth-order valence-corrected chi connectivity index (χ4v) is 4.61. The minimum absolute atomic E-state index is 0.0742. The average molecular weight is 396 g/mol. The van der Waals surface area contributed by atoms with E-state index in [1.165, 1.54) is 16.7 Å². The molecule has 4 nitrogen and oxygen atoms in total. The standard InChI is InChI=1S/C26H25N3O/c30-25-13-7-12-22-16-19(14-15-23(22)25)18-29-27-17-24(28-29)26(20-8-3-1-4-9-20)21-10-5-2-6-11-21/h1-13,17,19,26,30H,14-16,18H2. The zero-order chi connectivity index (χ0) is 20.3. The van der Waals surface area contributed by atoms with E-state index in [1.807, 2.05) is 29.2 Å². The van der Waals surface area contributed by atoms with Crippen molar-refractivity contribution < 1.29 is 5.11 Å². The average Bonchev–Trinajstić information content (AvgIpc) is 3.23. The molecule has 30 heavy (non-hydrogen) atoms. The molecular formula is C26H25N3O. The van der Waals surface area contributed by atoms with Gasteiger partial charge in [-0.2, -0.15) is 15.0 Å². The van der Waals surface area contributed by atoms with Crippen molar-refractivity contribution in [3.63, 3.8) is 0 Å². The highest BCUT2D eigenvalue weighted by Gasteiger charge is 2.23. The highest BCUT2D eigenvalue weighted by molar-refractivity contribution is 5.41. The maximum Gasteiger partial charge on any atom is 0.119 e. The summed E-state index contributed by atoms with van der Waals surface area (Å²) in [6, 6.07) is 26.8. The fourth-order valence-electron chi connectivity index (χ4n) is 4.61. The van der Waals surface area contributed by atoms with Crippen LogP contribution in [0.5, 0.6) is 5.75 Å². The number of aromatic hydroxyl groups is 1. The van der Waals surface area contributed by atoms with Gasteiger partial charge in [0.2, 0.25) is 0 Å². The molecule has 0 bridgehead atoms. The second-order valence-electron chi connectivity index (χ2n) is 8.10. The molecule has 4 aromatic rings.